The van der Waals surface area contributed by atoms with Gasteiger partial charge in [-0.25, -0.2) is 0 Å². The molecule has 4 nitrogen and oxygen atoms in total. The van der Waals surface area contributed by atoms with E-state index in [4.69, 9.17) is 9.47 Å². The quantitative estimate of drug-likeness (QED) is 0.869. The molecule has 0 aromatic heterocycles. The monoisotopic (exact) mass is 333 g/mol. The Kier molecular flexibility index (Phi) is 6.14. The Hall–Kier alpha value is -1.10. The van der Waals surface area contributed by atoms with Gasteiger partial charge in [-0.15, -0.1) is 0 Å². The molecule has 24 heavy (non-hydrogen) atoms. The van der Waals surface area contributed by atoms with Crippen molar-refractivity contribution in [2.24, 2.45) is 0 Å². The molecule has 3 rings (SSSR count). The average molecular weight is 333 g/mol. The number of likely N-dealkylation sites (tertiary alicyclic amines) is 1. The molecule has 2 fully saturated rings. The number of rotatable bonds is 6. The van der Waals surface area contributed by atoms with E-state index in [-0.39, 0.29) is 6.10 Å². The molecule has 134 valence electrons. The zero-order chi connectivity index (χ0) is 16.9. The lowest BCUT2D eigenvalue weighted by Crippen LogP contribution is -2.46. The van der Waals surface area contributed by atoms with Crippen LogP contribution in [0.15, 0.2) is 18.2 Å². The van der Waals surface area contributed by atoms with Gasteiger partial charge in [0.05, 0.1) is 25.9 Å². The number of aliphatic hydroxyl groups is 1. The highest BCUT2D eigenvalue weighted by Gasteiger charge is 2.34. The van der Waals surface area contributed by atoms with Crippen LogP contribution in [0.5, 0.6) is 5.75 Å². The molecule has 1 aromatic rings. The first kappa shape index (κ1) is 17.7. The molecule has 1 aromatic carbocycles. The van der Waals surface area contributed by atoms with Gasteiger partial charge in [0.25, 0.3) is 0 Å². The van der Waals surface area contributed by atoms with Crippen LogP contribution in [0.3, 0.4) is 0 Å². The Labute approximate surface area is 145 Å². The molecule has 4 heteroatoms. The normalized spacial score (nSPS) is 28.2. The van der Waals surface area contributed by atoms with Crippen molar-refractivity contribution in [1.29, 1.82) is 0 Å². The Bertz CT molecular complexity index is 534. The number of aliphatic hydroxyl groups excluding tert-OH is 1. The van der Waals surface area contributed by atoms with Gasteiger partial charge in [0, 0.05) is 19.1 Å². The number of methoxy groups -OCH3 is 1. The summed E-state index contributed by atoms with van der Waals surface area (Å²) >= 11 is 0. The number of aryl methyl sites for hydroxylation is 1. The second-order valence-corrected chi connectivity index (χ2v) is 7.25. The maximum Gasteiger partial charge on any atom is 0.122 e. The minimum absolute atomic E-state index is 0.146. The molecule has 3 atom stereocenters. The summed E-state index contributed by atoms with van der Waals surface area (Å²) in [6, 6.07) is 6.89. The summed E-state index contributed by atoms with van der Waals surface area (Å²) in [5, 5.41) is 9.82. The number of hydrogen-bond donors (Lipinski definition) is 1. The van der Waals surface area contributed by atoms with Crippen LogP contribution < -0.4 is 4.74 Å². The van der Waals surface area contributed by atoms with Crippen molar-refractivity contribution in [2.45, 2.75) is 63.7 Å². The van der Waals surface area contributed by atoms with Crippen molar-refractivity contribution in [3.8, 4) is 5.75 Å². The van der Waals surface area contributed by atoms with E-state index in [9.17, 15) is 5.11 Å². The van der Waals surface area contributed by atoms with Crippen molar-refractivity contribution in [3.05, 3.63) is 29.3 Å². The molecule has 0 radical (unpaired) electrons. The maximum absolute atomic E-state index is 9.82. The fourth-order valence-electron chi connectivity index (χ4n) is 4.11. The Morgan fingerprint density at radius 3 is 2.79 bits per heavy atom. The largest absolute Gasteiger partial charge is 0.496 e. The second kappa shape index (κ2) is 8.32. The van der Waals surface area contributed by atoms with Gasteiger partial charge in [-0.1, -0.05) is 25.0 Å². The zero-order valence-corrected chi connectivity index (χ0v) is 15.0. The second-order valence-electron chi connectivity index (χ2n) is 7.25. The minimum Gasteiger partial charge on any atom is -0.496 e. The minimum atomic E-state index is -0.146. The zero-order valence-electron chi connectivity index (χ0n) is 15.0. The average Bonchev–Trinajstić information content (AvgIpc) is 3.03. The topological polar surface area (TPSA) is 41.9 Å². The van der Waals surface area contributed by atoms with Crippen LogP contribution in [-0.4, -0.2) is 55.1 Å². The van der Waals surface area contributed by atoms with Crippen LogP contribution in [0, 0.1) is 6.92 Å². The van der Waals surface area contributed by atoms with Crippen LogP contribution in [-0.2, 0) is 11.2 Å². The van der Waals surface area contributed by atoms with E-state index >= 15 is 0 Å². The highest BCUT2D eigenvalue weighted by molar-refractivity contribution is 5.36. The summed E-state index contributed by atoms with van der Waals surface area (Å²) in [4.78, 5) is 2.45. The van der Waals surface area contributed by atoms with Gasteiger partial charge in [0.2, 0.25) is 0 Å². The molecule has 1 N–H and O–H groups in total. The molecule has 0 bridgehead atoms. The molecule has 0 spiro atoms. The molecular formula is C20H31NO3. The summed E-state index contributed by atoms with van der Waals surface area (Å²) in [6.45, 7) is 4.65. The highest BCUT2D eigenvalue weighted by atomic mass is 16.5. The van der Waals surface area contributed by atoms with Crippen molar-refractivity contribution in [1.82, 2.24) is 4.90 Å². The van der Waals surface area contributed by atoms with Gasteiger partial charge in [-0.2, -0.15) is 0 Å². The third-order valence-electron chi connectivity index (χ3n) is 5.53. The van der Waals surface area contributed by atoms with Crippen molar-refractivity contribution < 1.29 is 14.6 Å². The van der Waals surface area contributed by atoms with Crippen LogP contribution >= 0.6 is 0 Å². The number of ether oxygens (including phenoxy) is 2. The van der Waals surface area contributed by atoms with Crippen LogP contribution in [0.2, 0.25) is 0 Å². The van der Waals surface area contributed by atoms with Crippen molar-refractivity contribution in [2.75, 3.05) is 26.8 Å². The van der Waals surface area contributed by atoms with E-state index in [1.54, 1.807) is 7.11 Å². The van der Waals surface area contributed by atoms with E-state index in [1.807, 2.05) is 0 Å². The van der Waals surface area contributed by atoms with Gasteiger partial charge >= 0.3 is 0 Å². The highest BCUT2D eigenvalue weighted by Crippen LogP contribution is 2.28. The number of hydrogen-bond acceptors (Lipinski definition) is 4. The van der Waals surface area contributed by atoms with E-state index in [0.717, 1.165) is 44.7 Å². The third-order valence-corrected chi connectivity index (χ3v) is 5.53. The standard InChI is InChI=1S/C20H31NO3/c1-15-7-8-16(13-20(15)23-2)10-12-24-19-6-4-3-5-18(19)21-11-9-17(22)14-21/h7-8,13,17-19,22H,3-6,9-12,14H2,1-2H3/t17?,18?,19-/m0/s1. The van der Waals surface area contributed by atoms with Crippen molar-refractivity contribution >= 4 is 0 Å². The van der Waals surface area contributed by atoms with Crippen LogP contribution in [0.4, 0.5) is 0 Å². The summed E-state index contributed by atoms with van der Waals surface area (Å²) < 4.78 is 11.7. The first-order valence-corrected chi connectivity index (χ1v) is 9.34. The molecule has 1 aliphatic heterocycles. The third kappa shape index (κ3) is 4.29. The molecule has 1 saturated heterocycles. The number of nitrogens with zero attached hydrogens (tertiary/aromatic N) is 1. The summed E-state index contributed by atoms with van der Waals surface area (Å²) in [5.41, 5.74) is 2.43. The van der Waals surface area contributed by atoms with Gasteiger partial charge in [-0.3, -0.25) is 4.90 Å². The van der Waals surface area contributed by atoms with Gasteiger partial charge in [0.15, 0.2) is 0 Å². The maximum atomic E-state index is 9.82. The number of benzene rings is 1. The Balaban J connectivity index is 1.52. The molecule has 1 aliphatic carbocycles. The predicted molar refractivity (Wildman–Crippen MR) is 95.6 cm³/mol. The van der Waals surface area contributed by atoms with E-state index in [0.29, 0.717) is 12.1 Å². The lowest BCUT2D eigenvalue weighted by Gasteiger charge is -2.37. The van der Waals surface area contributed by atoms with E-state index in [2.05, 4.69) is 30.0 Å². The summed E-state index contributed by atoms with van der Waals surface area (Å²) in [5.74, 6) is 0.953. The molecule has 0 amide bonds. The molecular weight excluding hydrogens is 302 g/mol. The first-order valence-electron chi connectivity index (χ1n) is 9.34. The van der Waals surface area contributed by atoms with Gasteiger partial charge < -0.3 is 14.6 Å². The SMILES string of the molecule is COc1cc(CCO[C@H]2CCCCC2N2CCC(O)C2)ccc1C. The summed E-state index contributed by atoms with van der Waals surface area (Å²) in [6.07, 6.45) is 6.89. The molecule has 1 heterocycles. The van der Waals surface area contributed by atoms with Crippen LogP contribution in [0.1, 0.15) is 43.2 Å². The lowest BCUT2D eigenvalue weighted by molar-refractivity contribution is -0.0316. The fraction of sp³-hybridized carbons (Fsp3) is 0.700. The first-order chi connectivity index (χ1) is 11.7. The van der Waals surface area contributed by atoms with Gasteiger partial charge in [-0.05, 0) is 49.8 Å². The molecule has 2 unspecified atom stereocenters. The van der Waals surface area contributed by atoms with E-state index in [1.165, 1.54) is 30.4 Å². The lowest BCUT2D eigenvalue weighted by atomic mass is 9.91. The van der Waals surface area contributed by atoms with E-state index < -0.39 is 0 Å². The van der Waals surface area contributed by atoms with Crippen molar-refractivity contribution in [3.63, 3.8) is 0 Å². The van der Waals surface area contributed by atoms with Crippen LogP contribution in [0.25, 0.3) is 0 Å². The molecule has 1 saturated carbocycles. The van der Waals surface area contributed by atoms with Gasteiger partial charge in [0.1, 0.15) is 5.75 Å². The predicted octanol–water partition coefficient (Wildman–Crippen LogP) is 2.94. The Morgan fingerprint density at radius 1 is 1.21 bits per heavy atom. The fourth-order valence-corrected chi connectivity index (χ4v) is 4.11. The number of β-amino-alcohol motifs (C(OH)–C–C–N with tert-alkyl or cyclic N) is 1. The smallest absolute Gasteiger partial charge is 0.122 e. The molecule has 2 aliphatic rings. The summed E-state index contributed by atoms with van der Waals surface area (Å²) in [7, 11) is 1.72. The Morgan fingerprint density at radius 2 is 2.04 bits per heavy atom.